The molecular weight excluding hydrogens is 448 g/mol. The normalized spacial score (nSPS) is 11.2. The van der Waals surface area contributed by atoms with E-state index >= 15 is 0 Å². The molecule has 176 valence electrons. The van der Waals surface area contributed by atoms with Crippen LogP contribution in [-0.4, -0.2) is 32.4 Å². The van der Waals surface area contributed by atoms with E-state index in [1.807, 2.05) is 81.0 Å². The molecule has 0 saturated carbocycles. The average Bonchev–Trinajstić information content (AvgIpc) is 3.16. The maximum Gasteiger partial charge on any atom is 0.278 e. The van der Waals surface area contributed by atoms with Crippen molar-refractivity contribution >= 4 is 34.4 Å². The molecule has 34 heavy (non-hydrogen) atoms. The van der Waals surface area contributed by atoms with Crippen LogP contribution in [-0.2, 0) is 11.8 Å². The number of hydrogen-bond acceptors (Lipinski definition) is 5. The van der Waals surface area contributed by atoms with Gasteiger partial charge in [0, 0.05) is 30.5 Å². The Kier molecular flexibility index (Phi) is 7.07. The number of carbonyl (C=O) groups excluding carboxylic acids is 1. The summed E-state index contributed by atoms with van der Waals surface area (Å²) in [5.41, 5.74) is 3.66. The quantitative estimate of drug-likeness (QED) is 0.282. The number of nitrogens with zero attached hydrogens (tertiary/aromatic N) is 3. The number of aromatic nitrogens is 3. The van der Waals surface area contributed by atoms with Crippen LogP contribution in [0.3, 0.4) is 0 Å². The Balaban J connectivity index is 1.63. The van der Waals surface area contributed by atoms with Gasteiger partial charge < -0.3 is 14.6 Å². The first-order valence-electron chi connectivity index (χ1n) is 11.2. The standard InChI is InChI=1S/C26H28N4O3S/c1-5-33-20-13-11-19(12-14-20)27-22(31)16-34-26-28-23-21(18-9-7-6-8-10-18)15-29(4)24(23)25(32)30(26)17(2)3/h6-15,17H,5,16H2,1-4H3,(H,27,31). The molecule has 4 aromatic rings. The second kappa shape index (κ2) is 10.2. The Hall–Kier alpha value is -3.52. The number of benzene rings is 2. The maximum absolute atomic E-state index is 13.5. The number of aryl methyl sites for hydroxylation is 1. The first-order valence-corrected chi connectivity index (χ1v) is 12.2. The van der Waals surface area contributed by atoms with Gasteiger partial charge in [0.2, 0.25) is 5.91 Å². The fourth-order valence-corrected chi connectivity index (χ4v) is 4.77. The second-order valence-electron chi connectivity index (χ2n) is 8.17. The Morgan fingerprint density at radius 1 is 1.12 bits per heavy atom. The molecule has 0 fully saturated rings. The largest absolute Gasteiger partial charge is 0.494 e. The van der Waals surface area contributed by atoms with Crippen molar-refractivity contribution in [3.8, 4) is 16.9 Å². The van der Waals surface area contributed by atoms with Crippen molar-refractivity contribution in [1.82, 2.24) is 14.1 Å². The highest BCUT2D eigenvalue weighted by Gasteiger charge is 2.20. The van der Waals surface area contributed by atoms with E-state index in [4.69, 9.17) is 9.72 Å². The summed E-state index contributed by atoms with van der Waals surface area (Å²) in [5, 5.41) is 3.41. The number of rotatable bonds is 8. The minimum absolute atomic E-state index is 0.101. The molecule has 0 atom stereocenters. The molecule has 0 radical (unpaired) electrons. The van der Waals surface area contributed by atoms with E-state index < -0.39 is 0 Å². The van der Waals surface area contributed by atoms with Gasteiger partial charge in [-0.05, 0) is 50.6 Å². The lowest BCUT2D eigenvalue weighted by molar-refractivity contribution is -0.113. The summed E-state index contributed by atoms with van der Waals surface area (Å²) in [6.07, 6.45) is 1.94. The summed E-state index contributed by atoms with van der Waals surface area (Å²) < 4.78 is 8.93. The number of thioether (sulfide) groups is 1. The SMILES string of the molecule is CCOc1ccc(NC(=O)CSc2nc3c(-c4ccccc4)cn(C)c3c(=O)n2C(C)C)cc1. The highest BCUT2D eigenvalue weighted by Crippen LogP contribution is 2.30. The van der Waals surface area contributed by atoms with Gasteiger partial charge in [0.25, 0.3) is 5.56 Å². The lowest BCUT2D eigenvalue weighted by atomic mass is 10.1. The van der Waals surface area contributed by atoms with Gasteiger partial charge in [-0.15, -0.1) is 0 Å². The summed E-state index contributed by atoms with van der Waals surface area (Å²) in [6.45, 7) is 6.40. The van der Waals surface area contributed by atoms with Crippen LogP contribution in [0.4, 0.5) is 5.69 Å². The maximum atomic E-state index is 13.5. The molecule has 0 aliphatic rings. The molecular formula is C26H28N4O3S. The molecule has 0 saturated heterocycles. The number of anilines is 1. The first kappa shape index (κ1) is 23.6. The van der Waals surface area contributed by atoms with Gasteiger partial charge in [-0.2, -0.15) is 0 Å². The molecule has 1 N–H and O–H groups in total. The van der Waals surface area contributed by atoms with Crippen LogP contribution in [0.25, 0.3) is 22.2 Å². The zero-order valence-electron chi connectivity index (χ0n) is 19.7. The van der Waals surface area contributed by atoms with Crippen molar-refractivity contribution in [3.63, 3.8) is 0 Å². The number of carbonyl (C=O) groups is 1. The Morgan fingerprint density at radius 3 is 2.47 bits per heavy atom. The van der Waals surface area contributed by atoms with E-state index in [1.165, 1.54) is 11.8 Å². The van der Waals surface area contributed by atoms with Gasteiger partial charge in [-0.1, -0.05) is 42.1 Å². The number of ether oxygens (including phenoxy) is 1. The van der Waals surface area contributed by atoms with Crippen LogP contribution < -0.4 is 15.6 Å². The van der Waals surface area contributed by atoms with E-state index in [2.05, 4.69) is 5.32 Å². The van der Waals surface area contributed by atoms with Crippen LogP contribution in [0.15, 0.2) is 70.7 Å². The van der Waals surface area contributed by atoms with Crippen LogP contribution in [0, 0.1) is 0 Å². The highest BCUT2D eigenvalue weighted by atomic mass is 32.2. The smallest absolute Gasteiger partial charge is 0.278 e. The molecule has 0 aliphatic carbocycles. The summed E-state index contributed by atoms with van der Waals surface area (Å²) in [4.78, 5) is 31.0. The van der Waals surface area contributed by atoms with E-state index in [-0.39, 0.29) is 23.3 Å². The highest BCUT2D eigenvalue weighted by molar-refractivity contribution is 7.99. The monoisotopic (exact) mass is 476 g/mol. The van der Waals surface area contributed by atoms with Crippen molar-refractivity contribution in [3.05, 3.63) is 71.1 Å². The molecule has 0 spiro atoms. The summed E-state index contributed by atoms with van der Waals surface area (Å²) in [5.74, 6) is 0.714. The Bertz CT molecular complexity index is 1360. The van der Waals surface area contributed by atoms with Gasteiger partial charge in [0.15, 0.2) is 5.16 Å². The first-order chi connectivity index (χ1) is 16.4. The van der Waals surface area contributed by atoms with E-state index in [0.717, 1.165) is 16.9 Å². The average molecular weight is 477 g/mol. The number of hydrogen-bond donors (Lipinski definition) is 1. The van der Waals surface area contributed by atoms with Crippen molar-refractivity contribution < 1.29 is 9.53 Å². The van der Waals surface area contributed by atoms with Gasteiger partial charge in [-0.3, -0.25) is 14.2 Å². The molecule has 2 aromatic heterocycles. The Morgan fingerprint density at radius 2 is 1.82 bits per heavy atom. The van der Waals surface area contributed by atoms with E-state index in [0.29, 0.717) is 28.5 Å². The predicted molar refractivity (Wildman–Crippen MR) is 138 cm³/mol. The third-order valence-corrected chi connectivity index (χ3v) is 6.33. The number of nitrogens with one attached hydrogen (secondary N) is 1. The topological polar surface area (TPSA) is 78.2 Å². The molecule has 4 rings (SSSR count). The van der Waals surface area contributed by atoms with Gasteiger partial charge in [-0.25, -0.2) is 4.98 Å². The number of amides is 1. The van der Waals surface area contributed by atoms with Crippen molar-refractivity contribution in [2.24, 2.45) is 7.05 Å². The Labute approximate surface area is 202 Å². The van der Waals surface area contributed by atoms with Crippen LogP contribution in [0.2, 0.25) is 0 Å². The van der Waals surface area contributed by atoms with Crippen LogP contribution in [0.1, 0.15) is 26.8 Å². The fraction of sp³-hybridized carbons (Fsp3) is 0.269. The van der Waals surface area contributed by atoms with Crippen molar-refractivity contribution in [2.75, 3.05) is 17.7 Å². The summed E-state index contributed by atoms with van der Waals surface area (Å²) in [7, 11) is 1.86. The zero-order valence-corrected chi connectivity index (χ0v) is 20.6. The molecule has 2 heterocycles. The lowest BCUT2D eigenvalue weighted by Crippen LogP contribution is -2.26. The molecule has 7 nitrogen and oxygen atoms in total. The zero-order chi connectivity index (χ0) is 24.2. The van der Waals surface area contributed by atoms with Crippen molar-refractivity contribution in [2.45, 2.75) is 32.0 Å². The molecule has 8 heteroatoms. The predicted octanol–water partition coefficient (Wildman–Crippen LogP) is 5.11. The third kappa shape index (κ3) is 4.87. The van der Waals surface area contributed by atoms with E-state index in [1.54, 1.807) is 16.7 Å². The lowest BCUT2D eigenvalue weighted by Gasteiger charge is -2.16. The van der Waals surface area contributed by atoms with Gasteiger partial charge >= 0.3 is 0 Å². The summed E-state index contributed by atoms with van der Waals surface area (Å²) >= 11 is 1.26. The summed E-state index contributed by atoms with van der Waals surface area (Å²) in [6, 6.07) is 17.0. The fourth-order valence-electron chi connectivity index (χ4n) is 3.84. The number of fused-ring (bicyclic) bond motifs is 1. The molecule has 0 unspecified atom stereocenters. The van der Waals surface area contributed by atoms with Crippen LogP contribution in [0.5, 0.6) is 5.75 Å². The molecule has 1 amide bonds. The minimum atomic E-state index is -0.171. The van der Waals surface area contributed by atoms with Gasteiger partial charge in [0.1, 0.15) is 16.8 Å². The third-order valence-electron chi connectivity index (χ3n) is 5.37. The minimum Gasteiger partial charge on any atom is -0.494 e. The molecule has 2 aromatic carbocycles. The molecule has 0 bridgehead atoms. The second-order valence-corrected chi connectivity index (χ2v) is 9.12. The van der Waals surface area contributed by atoms with Gasteiger partial charge in [0.05, 0.1) is 12.4 Å². The molecule has 0 aliphatic heterocycles. The van der Waals surface area contributed by atoms with E-state index in [9.17, 15) is 9.59 Å². The van der Waals surface area contributed by atoms with Crippen molar-refractivity contribution in [1.29, 1.82) is 0 Å². The van der Waals surface area contributed by atoms with Crippen LogP contribution >= 0.6 is 11.8 Å².